The van der Waals surface area contributed by atoms with Gasteiger partial charge >= 0.3 is 12.0 Å². The number of carboxylic acids is 1. The van der Waals surface area contributed by atoms with Crippen molar-refractivity contribution >= 4 is 12.0 Å². The second-order valence-corrected chi connectivity index (χ2v) is 5.38. The Kier molecular flexibility index (Phi) is 10.7. The van der Waals surface area contributed by atoms with E-state index in [4.69, 9.17) is 9.84 Å². The Morgan fingerprint density at radius 2 is 1.90 bits per heavy atom. The van der Waals surface area contributed by atoms with Gasteiger partial charge in [0.1, 0.15) is 0 Å². The van der Waals surface area contributed by atoms with Crippen LogP contribution < -0.4 is 5.32 Å². The Morgan fingerprint density at radius 1 is 1.29 bits per heavy atom. The van der Waals surface area contributed by atoms with Crippen LogP contribution in [-0.2, 0) is 9.53 Å². The summed E-state index contributed by atoms with van der Waals surface area (Å²) in [6, 6.07) is 0.109. The van der Waals surface area contributed by atoms with Crippen molar-refractivity contribution in [2.75, 3.05) is 26.8 Å². The molecule has 0 saturated carbocycles. The molecule has 6 heteroatoms. The molecule has 2 N–H and O–H groups in total. The monoisotopic (exact) mass is 302 g/mol. The molecule has 0 aromatic heterocycles. The fourth-order valence-electron chi connectivity index (χ4n) is 2.20. The summed E-state index contributed by atoms with van der Waals surface area (Å²) in [5, 5.41) is 11.6. The first-order valence-electron chi connectivity index (χ1n) is 7.71. The van der Waals surface area contributed by atoms with Crippen molar-refractivity contribution in [1.29, 1.82) is 0 Å². The van der Waals surface area contributed by atoms with Crippen molar-refractivity contribution in [2.45, 2.75) is 52.5 Å². The molecule has 0 heterocycles. The van der Waals surface area contributed by atoms with Crippen LogP contribution in [0.2, 0.25) is 0 Å². The van der Waals surface area contributed by atoms with E-state index in [1.54, 1.807) is 7.11 Å². The number of nitrogens with one attached hydrogen (secondary N) is 1. The van der Waals surface area contributed by atoms with Gasteiger partial charge in [-0.3, -0.25) is 4.79 Å². The lowest BCUT2D eigenvalue weighted by Gasteiger charge is -2.31. The van der Waals surface area contributed by atoms with Crippen molar-refractivity contribution in [1.82, 2.24) is 10.2 Å². The molecule has 124 valence electrons. The number of urea groups is 1. The summed E-state index contributed by atoms with van der Waals surface area (Å²) in [4.78, 5) is 24.6. The van der Waals surface area contributed by atoms with Crippen molar-refractivity contribution in [2.24, 2.45) is 5.92 Å². The summed E-state index contributed by atoms with van der Waals surface area (Å²) in [6.45, 7) is 7.65. The number of methoxy groups -OCH3 is 1. The maximum atomic E-state index is 12.3. The Balaban J connectivity index is 4.35. The molecule has 2 amide bonds. The van der Waals surface area contributed by atoms with Gasteiger partial charge in [0.15, 0.2) is 0 Å². The number of carbonyl (C=O) groups is 2. The smallest absolute Gasteiger partial charge is 0.317 e. The highest BCUT2D eigenvalue weighted by atomic mass is 16.5. The lowest BCUT2D eigenvalue weighted by Crippen LogP contribution is -2.48. The molecule has 0 aromatic carbocycles. The Hall–Kier alpha value is -1.30. The number of ether oxygens (including phenoxy) is 1. The van der Waals surface area contributed by atoms with Crippen LogP contribution in [0.15, 0.2) is 0 Å². The van der Waals surface area contributed by atoms with E-state index in [-0.39, 0.29) is 24.4 Å². The Bertz CT molecular complexity index is 306. The van der Waals surface area contributed by atoms with Gasteiger partial charge in [0.05, 0.1) is 6.61 Å². The molecule has 0 aliphatic heterocycles. The first-order valence-corrected chi connectivity index (χ1v) is 7.71. The average molecular weight is 302 g/mol. The molecule has 0 saturated heterocycles. The molecule has 0 fully saturated rings. The largest absolute Gasteiger partial charge is 0.481 e. The highest BCUT2D eigenvalue weighted by Gasteiger charge is 2.21. The molecule has 21 heavy (non-hydrogen) atoms. The summed E-state index contributed by atoms with van der Waals surface area (Å²) in [5.74, 6) is -0.650. The normalized spacial score (nSPS) is 12.2. The zero-order valence-electron chi connectivity index (χ0n) is 13.7. The number of rotatable bonds is 11. The Labute approximate surface area is 127 Å². The number of carbonyl (C=O) groups excluding carboxylic acids is 1. The number of carboxylic acid groups (broad SMARTS) is 1. The third-order valence-corrected chi connectivity index (χ3v) is 3.63. The van der Waals surface area contributed by atoms with E-state index in [0.717, 1.165) is 12.8 Å². The van der Waals surface area contributed by atoms with Crippen LogP contribution in [-0.4, -0.2) is 54.9 Å². The number of hydrogen-bond acceptors (Lipinski definition) is 3. The maximum absolute atomic E-state index is 12.3. The zero-order chi connectivity index (χ0) is 16.3. The molecule has 1 unspecified atom stereocenters. The van der Waals surface area contributed by atoms with Crippen molar-refractivity contribution < 1.29 is 19.4 Å². The molecule has 1 atom stereocenters. The van der Waals surface area contributed by atoms with Crippen molar-refractivity contribution in [3.63, 3.8) is 0 Å². The fraction of sp³-hybridized carbons (Fsp3) is 0.867. The summed E-state index contributed by atoms with van der Waals surface area (Å²) in [7, 11) is 1.62. The minimum atomic E-state index is -0.799. The van der Waals surface area contributed by atoms with E-state index in [1.807, 2.05) is 11.8 Å². The molecule has 0 aromatic rings. The highest BCUT2D eigenvalue weighted by Crippen LogP contribution is 2.10. The standard InChI is InChI=1S/C15H30N2O4/c1-5-13(6-2)17(9-10-21-4)15(20)16-11-12(3)7-8-14(18)19/h12-13H,5-11H2,1-4H3,(H,16,20)(H,18,19). The topological polar surface area (TPSA) is 78.9 Å². The molecule has 0 spiro atoms. The van der Waals surface area contributed by atoms with Crippen LogP contribution in [0.3, 0.4) is 0 Å². The van der Waals surface area contributed by atoms with E-state index >= 15 is 0 Å². The molecule has 6 nitrogen and oxygen atoms in total. The van der Waals surface area contributed by atoms with Crippen LogP contribution >= 0.6 is 0 Å². The van der Waals surface area contributed by atoms with Crippen LogP contribution in [0, 0.1) is 5.92 Å². The highest BCUT2D eigenvalue weighted by molar-refractivity contribution is 5.74. The molecule has 0 aliphatic carbocycles. The van der Waals surface area contributed by atoms with Crippen LogP contribution in [0.4, 0.5) is 4.79 Å². The van der Waals surface area contributed by atoms with Gasteiger partial charge in [-0.15, -0.1) is 0 Å². The number of hydrogen-bond donors (Lipinski definition) is 2. The predicted molar refractivity (Wildman–Crippen MR) is 82.4 cm³/mol. The number of aliphatic carboxylic acids is 1. The third kappa shape index (κ3) is 8.55. The molecule has 0 rings (SSSR count). The first kappa shape index (κ1) is 19.7. The van der Waals surface area contributed by atoms with E-state index in [9.17, 15) is 9.59 Å². The van der Waals surface area contributed by atoms with Gasteiger partial charge in [0.2, 0.25) is 0 Å². The molecule has 0 bridgehead atoms. The third-order valence-electron chi connectivity index (χ3n) is 3.63. The molecule has 0 aliphatic rings. The zero-order valence-corrected chi connectivity index (χ0v) is 13.7. The first-order chi connectivity index (χ1) is 9.96. The van der Waals surface area contributed by atoms with Gasteiger partial charge in [0, 0.05) is 32.7 Å². The Morgan fingerprint density at radius 3 is 2.38 bits per heavy atom. The fourth-order valence-corrected chi connectivity index (χ4v) is 2.20. The van der Waals surface area contributed by atoms with Crippen LogP contribution in [0.5, 0.6) is 0 Å². The van der Waals surface area contributed by atoms with Crippen LogP contribution in [0.25, 0.3) is 0 Å². The van der Waals surface area contributed by atoms with E-state index < -0.39 is 5.97 Å². The van der Waals surface area contributed by atoms with Gasteiger partial charge in [-0.2, -0.15) is 0 Å². The van der Waals surface area contributed by atoms with Gasteiger partial charge in [-0.05, 0) is 25.2 Å². The lowest BCUT2D eigenvalue weighted by molar-refractivity contribution is -0.137. The lowest BCUT2D eigenvalue weighted by atomic mass is 10.1. The van der Waals surface area contributed by atoms with E-state index in [2.05, 4.69) is 19.2 Å². The van der Waals surface area contributed by atoms with Gasteiger partial charge in [0.25, 0.3) is 0 Å². The quantitative estimate of drug-likeness (QED) is 0.614. The summed E-state index contributed by atoms with van der Waals surface area (Å²) in [6.07, 6.45) is 2.51. The number of nitrogens with zero attached hydrogens (tertiary/aromatic N) is 1. The van der Waals surface area contributed by atoms with Crippen molar-refractivity contribution in [3.05, 3.63) is 0 Å². The second kappa shape index (κ2) is 11.4. The maximum Gasteiger partial charge on any atom is 0.317 e. The minimum Gasteiger partial charge on any atom is -0.481 e. The van der Waals surface area contributed by atoms with Gasteiger partial charge < -0.3 is 20.1 Å². The summed E-state index contributed by atoms with van der Waals surface area (Å²) in [5.41, 5.74) is 0. The van der Waals surface area contributed by atoms with E-state index in [1.165, 1.54) is 0 Å². The van der Waals surface area contributed by atoms with Crippen molar-refractivity contribution in [3.8, 4) is 0 Å². The number of amides is 2. The average Bonchev–Trinajstić information content (AvgIpc) is 2.46. The van der Waals surface area contributed by atoms with Gasteiger partial charge in [-0.25, -0.2) is 4.79 Å². The molecular weight excluding hydrogens is 272 g/mol. The SMILES string of the molecule is CCC(CC)N(CCOC)C(=O)NCC(C)CCC(=O)O. The predicted octanol–water partition coefficient (Wildman–Crippen LogP) is 2.33. The summed E-state index contributed by atoms with van der Waals surface area (Å²) < 4.78 is 5.07. The van der Waals surface area contributed by atoms with Gasteiger partial charge in [-0.1, -0.05) is 20.8 Å². The molecule has 0 radical (unpaired) electrons. The molecular formula is C15H30N2O4. The minimum absolute atomic E-state index is 0.0945. The second-order valence-electron chi connectivity index (χ2n) is 5.38. The summed E-state index contributed by atoms with van der Waals surface area (Å²) >= 11 is 0. The van der Waals surface area contributed by atoms with Crippen LogP contribution in [0.1, 0.15) is 46.5 Å². The van der Waals surface area contributed by atoms with E-state index in [0.29, 0.717) is 26.1 Å².